The van der Waals surface area contributed by atoms with Crippen molar-refractivity contribution < 1.29 is 9.59 Å². The minimum Gasteiger partial charge on any atom is -0.298 e. The minimum absolute atomic E-state index is 0.00716. The van der Waals surface area contributed by atoms with Crippen LogP contribution in [0.4, 0.5) is 5.69 Å². The number of para-hydroxylation sites is 1. The number of aromatic nitrogens is 2. The molecule has 1 N–H and O–H groups in total. The summed E-state index contributed by atoms with van der Waals surface area (Å²) in [4.78, 5) is 26.9. The van der Waals surface area contributed by atoms with Gasteiger partial charge in [-0.15, -0.1) is 0 Å². The third-order valence-electron chi connectivity index (χ3n) is 4.52. The molecular weight excluding hydrogens is 443 g/mol. The van der Waals surface area contributed by atoms with Gasteiger partial charge < -0.3 is 0 Å². The van der Waals surface area contributed by atoms with Gasteiger partial charge >= 0.3 is 0 Å². The Hall–Kier alpha value is -3.00. The number of nitrogens with one attached hydrogen (secondary N) is 1. The molecule has 0 saturated carbocycles. The van der Waals surface area contributed by atoms with Gasteiger partial charge in [0.2, 0.25) is 0 Å². The van der Waals surface area contributed by atoms with Crippen molar-refractivity contribution in [1.29, 1.82) is 0 Å². The number of amides is 2. The first-order chi connectivity index (χ1) is 14.4. The maximum absolute atomic E-state index is 13.1. The first kappa shape index (κ1) is 20.3. The van der Waals surface area contributed by atoms with Crippen LogP contribution in [0.25, 0.3) is 11.8 Å². The molecule has 0 atom stereocenters. The summed E-state index contributed by atoms with van der Waals surface area (Å²) in [6.45, 7) is 1.75. The number of aryl methyl sites for hydroxylation is 1. The molecule has 9 heteroatoms. The molecule has 30 heavy (non-hydrogen) atoms. The zero-order valence-electron chi connectivity index (χ0n) is 15.6. The molecule has 150 valence electrons. The molecule has 0 unspecified atom stereocenters. The Labute approximate surface area is 187 Å². The second-order valence-corrected chi connectivity index (χ2v) is 7.65. The minimum atomic E-state index is -0.599. The Bertz CT molecular complexity index is 1200. The fourth-order valence-corrected chi connectivity index (χ4v) is 3.78. The van der Waals surface area contributed by atoms with Crippen LogP contribution >= 0.6 is 35.4 Å². The Morgan fingerprint density at radius 2 is 1.67 bits per heavy atom. The molecule has 6 nitrogen and oxygen atoms in total. The lowest BCUT2D eigenvalue weighted by molar-refractivity contribution is -0.122. The number of anilines is 1. The lowest BCUT2D eigenvalue weighted by atomic mass is 10.1. The van der Waals surface area contributed by atoms with E-state index in [1.165, 1.54) is 11.0 Å². The molecule has 1 saturated heterocycles. The molecule has 1 aromatic heterocycles. The molecule has 2 aromatic carbocycles. The molecular formula is C21H14Cl2N4O2S. The molecule has 0 spiro atoms. The number of thiocarbonyl (C=S) groups is 1. The SMILES string of the molecule is Cc1nn(-c2ccccc2)c(Cl)c1C=C1C(=O)NC(=S)N(c2ccc(Cl)cc2)C1=O. The van der Waals surface area contributed by atoms with Crippen LogP contribution in [0.2, 0.25) is 10.2 Å². The van der Waals surface area contributed by atoms with Gasteiger partial charge in [0.1, 0.15) is 10.7 Å². The van der Waals surface area contributed by atoms with Gasteiger partial charge in [-0.1, -0.05) is 41.4 Å². The predicted octanol–water partition coefficient (Wildman–Crippen LogP) is 4.32. The van der Waals surface area contributed by atoms with Gasteiger partial charge in [-0.05, 0) is 61.6 Å². The van der Waals surface area contributed by atoms with Gasteiger partial charge in [-0.3, -0.25) is 19.8 Å². The van der Waals surface area contributed by atoms with Crippen molar-refractivity contribution in [3.8, 4) is 5.69 Å². The van der Waals surface area contributed by atoms with E-state index in [9.17, 15) is 9.59 Å². The topological polar surface area (TPSA) is 67.2 Å². The first-order valence-corrected chi connectivity index (χ1v) is 10.0. The molecule has 0 aliphatic carbocycles. The van der Waals surface area contributed by atoms with E-state index in [1.54, 1.807) is 35.9 Å². The third kappa shape index (κ3) is 3.63. The summed E-state index contributed by atoms with van der Waals surface area (Å²) < 4.78 is 1.55. The molecule has 3 aromatic rings. The number of hydrogen-bond acceptors (Lipinski definition) is 4. The van der Waals surface area contributed by atoms with Crippen molar-refractivity contribution in [3.63, 3.8) is 0 Å². The van der Waals surface area contributed by atoms with E-state index in [0.29, 0.717) is 22.0 Å². The number of rotatable bonds is 3. The van der Waals surface area contributed by atoms with Crippen molar-refractivity contribution in [2.75, 3.05) is 4.90 Å². The van der Waals surface area contributed by atoms with Crippen LogP contribution in [-0.4, -0.2) is 26.7 Å². The van der Waals surface area contributed by atoms with E-state index in [-0.39, 0.29) is 15.8 Å². The third-order valence-corrected chi connectivity index (χ3v) is 5.42. The Morgan fingerprint density at radius 3 is 2.33 bits per heavy atom. The second-order valence-electron chi connectivity index (χ2n) is 6.47. The smallest absolute Gasteiger partial charge is 0.270 e. The molecule has 1 fully saturated rings. The largest absolute Gasteiger partial charge is 0.298 e. The highest BCUT2D eigenvalue weighted by molar-refractivity contribution is 7.80. The molecule has 1 aliphatic rings. The number of carbonyl (C=O) groups excluding carboxylic acids is 2. The van der Waals surface area contributed by atoms with Crippen LogP contribution in [0.1, 0.15) is 11.3 Å². The maximum Gasteiger partial charge on any atom is 0.270 e. The van der Waals surface area contributed by atoms with E-state index in [1.807, 2.05) is 30.3 Å². The van der Waals surface area contributed by atoms with Crippen molar-refractivity contribution in [1.82, 2.24) is 15.1 Å². The Morgan fingerprint density at radius 1 is 1.00 bits per heavy atom. The number of halogens is 2. The van der Waals surface area contributed by atoms with E-state index in [2.05, 4.69) is 10.4 Å². The molecule has 2 amide bonds. The fourth-order valence-electron chi connectivity index (χ4n) is 3.04. The van der Waals surface area contributed by atoms with Crippen LogP contribution in [-0.2, 0) is 9.59 Å². The summed E-state index contributed by atoms with van der Waals surface area (Å²) in [7, 11) is 0. The second kappa shape index (κ2) is 8.02. The number of carbonyl (C=O) groups is 2. The van der Waals surface area contributed by atoms with Crippen LogP contribution in [0.5, 0.6) is 0 Å². The highest BCUT2D eigenvalue weighted by Gasteiger charge is 2.35. The van der Waals surface area contributed by atoms with Gasteiger partial charge in [0, 0.05) is 10.6 Å². The molecule has 0 bridgehead atoms. The zero-order valence-corrected chi connectivity index (χ0v) is 17.9. The van der Waals surface area contributed by atoms with E-state index in [0.717, 1.165) is 5.69 Å². The molecule has 4 rings (SSSR count). The fraction of sp³-hybridized carbons (Fsp3) is 0.0476. The lowest BCUT2D eigenvalue weighted by Gasteiger charge is -2.28. The average molecular weight is 457 g/mol. The molecule has 0 radical (unpaired) electrons. The zero-order chi connectivity index (χ0) is 21.4. The average Bonchev–Trinajstić information content (AvgIpc) is 3.01. The Kier molecular flexibility index (Phi) is 5.42. The number of nitrogens with zero attached hydrogens (tertiary/aromatic N) is 3. The summed E-state index contributed by atoms with van der Waals surface area (Å²) in [6, 6.07) is 15.9. The maximum atomic E-state index is 13.1. The van der Waals surface area contributed by atoms with Crippen molar-refractivity contribution in [3.05, 3.63) is 81.6 Å². The van der Waals surface area contributed by atoms with E-state index >= 15 is 0 Å². The lowest BCUT2D eigenvalue weighted by Crippen LogP contribution is -2.54. The van der Waals surface area contributed by atoms with Crippen molar-refractivity contribution >= 4 is 64.1 Å². The Balaban J connectivity index is 1.77. The predicted molar refractivity (Wildman–Crippen MR) is 121 cm³/mol. The standard InChI is InChI=1S/C21H14Cl2N4O2S/c1-12-16(18(23)27(25-12)15-5-3-2-4-6-15)11-17-19(28)24-21(30)26(20(17)29)14-9-7-13(22)8-10-14/h2-11H,1H3,(H,24,28,30). The van der Waals surface area contributed by atoms with Gasteiger partial charge in [0.15, 0.2) is 5.11 Å². The highest BCUT2D eigenvalue weighted by atomic mass is 35.5. The van der Waals surface area contributed by atoms with E-state index < -0.39 is 11.8 Å². The normalized spacial score (nSPS) is 15.6. The molecule has 1 aliphatic heterocycles. The van der Waals surface area contributed by atoms with Crippen LogP contribution in [0.3, 0.4) is 0 Å². The van der Waals surface area contributed by atoms with Crippen molar-refractivity contribution in [2.45, 2.75) is 6.92 Å². The van der Waals surface area contributed by atoms with Crippen LogP contribution in [0, 0.1) is 6.92 Å². The van der Waals surface area contributed by atoms with E-state index in [4.69, 9.17) is 35.4 Å². The van der Waals surface area contributed by atoms with Gasteiger partial charge in [-0.2, -0.15) is 5.10 Å². The summed E-state index contributed by atoms with van der Waals surface area (Å²) in [5.74, 6) is -1.16. The quantitative estimate of drug-likeness (QED) is 0.362. The number of benzene rings is 2. The molecule has 2 heterocycles. The number of hydrogen-bond donors (Lipinski definition) is 1. The monoisotopic (exact) mass is 456 g/mol. The summed E-state index contributed by atoms with van der Waals surface area (Å²) in [5.41, 5.74) is 2.20. The summed E-state index contributed by atoms with van der Waals surface area (Å²) in [5, 5.41) is 7.79. The first-order valence-electron chi connectivity index (χ1n) is 8.84. The van der Waals surface area contributed by atoms with Gasteiger partial charge in [-0.25, -0.2) is 4.68 Å². The van der Waals surface area contributed by atoms with Crippen LogP contribution < -0.4 is 10.2 Å². The van der Waals surface area contributed by atoms with Crippen LogP contribution in [0.15, 0.2) is 60.2 Å². The highest BCUT2D eigenvalue weighted by Crippen LogP contribution is 2.28. The van der Waals surface area contributed by atoms with Gasteiger partial charge in [0.25, 0.3) is 11.8 Å². The van der Waals surface area contributed by atoms with Crippen molar-refractivity contribution in [2.24, 2.45) is 0 Å². The summed E-state index contributed by atoms with van der Waals surface area (Å²) in [6.07, 6.45) is 1.44. The summed E-state index contributed by atoms with van der Waals surface area (Å²) >= 11 is 17.7. The van der Waals surface area contributed by atoms with Gasteiger partial charge in [0.05, 0.1) is 17.1 Å².